The largest absolute Gasteiger partial charge is 0.507 e. The summed E-state index contributed by atoms with van der Waals surface area (Å²) in [5, 5.41) is 62.1. The minimum absolute atomic E-state index is 0.0180. The fourth-order valence-corrected chi connectivity index (χ4v) is 6.53. The van der Waals surface area contributed by atoms with Crippen LogP contribution in [0.3, 0.4) is 0 Å². The highest BCUT2D eigenvalue weighted by molar-refractivity contribution is 6.03. The first-order valence-electron chi connectivity index (χ1n) is 15.2. The van der Waals surface area contributed by atoms with E-state index in [1.165, 1.54) is 12.1 Å². The molecule has 2 heterocycles. The molecule has 4 aromatic carbocycles. The second kappa shape index (κ2) is 13.3. The lowest BCUT2D eigenvalue weighted by molar-refractivity contribution is -0.231. The van der Waals surface area contributed by atoms with Gasteiger partial charge in [-0.3, -0.25) is 4.79 Å². The molecule has 0 aliphatic carbocycles. The van der Waals surface area contributed by atoms with Crippen molar-refractivity contribution in [1.29, 1.82) is 0 Å². The van der Waals surface area contributed by atoms with Crippen molar-refractivity contribution >= 4 is 11.6 Å². The summed E-state index contributed by atoms with van der Waals surface area (Å²) in [6.07, 6.45) is -6.93. The summed E-state index contributed by atoms with van der Waals surface area (Å²) in [4.78, 5) is 15.1. The number of aromatic hydroxyl groups is 1. The second-order valence-corrected chi connectivity index (χ2v) is 11.9. The summed E-state index contributed by atoms with van der Waals surface area (Å²) < 4.78 is 19.9. The van der Waals surface area contributed by atoms with Crippen LogP contribution in [0.5, 0.6) is 5.75 Å². The summed E-state index contributed by atoms with van der Waals surface area (Å²) in [7, 11) is 0. The summed E-state index contributed by atoms with van der Waals surface area (Å²) in [6.45, 7) is -0.527. The van der Waals surface area contributed by atoms with Gasteiger partial charge in [0.25, 0.3) is 0 Å². The summed E-state index contributed by atoms with van der Waals surface area (Å²) in [5.41, 5.74) is 3.29. The average Bonchev–Trinajstić information content (AvgIpc) is 3.07. The first-order chi connectivity index (χ1) is 22.2. The van der Waals surface area contributed by atoms with Crippen molar-refractivity contribution in [2.24, 2.45) is 5.92 Å². The first kappa shape index (κ1) is 31.8. The van der Waals surface area contributed by atoms with Crippen LogP contribution < -0.4 is 4.90 Å². The number of aliphatic hydroxyl groups is 5. The number of ether oxygens (including phenoxy) is 1. The van der Waals surface area contributed by atoms with Gasteiger partial charge in [0.15, 0.2) is 0 Å². The van der Waals surface area contributed by atoms with Gasteiger partial charge in [-0.2, -0.15) is 0 Å². The van der Waals surface area contributed by atoms with E-state index in [-0.39, 0.29) is 23.6 Å². The maximum atomic E-state index is 14.3. The second-order valence-electron chi connectivity index (χ2n) is 11.9. The van der Waals surface area contributed by atoms with Gasteiger partial charge in [-0.1, -0.05) is 72.8 Å². The van der Waals surface area contributed by atoms with Gasteiger partial charge >= 0.3 is 0 Å². The van der Waals surface area contributed by atoms with Gasteiger partial charge in [0, 0.05) is 16.8 Å². The van der Waals surface area contributed by atoms with Crippen LogP contribution in [-0.2, 0) is 9.53 Å². The van der Waals surface area contributed by atoms with E-state index in [1.807, 2.05) is 36.4 Å². The molecule has 4 aromatic rings. The minimum Gasteiger partial charge on any atom is -0.507 e. The Kier molecular flexibility index (Phi) is 9.19. The highest BCUT2D eigenvalue weighted by atomic mass is 19.1. The smallest absolute Gasteiger partial charge is 0.233 e. The molecule has 0 unspecified atom stereocenters. The predicted molar refractivity (Wildman–Crippen MR) is 167 cm³/mol. The Morgan fingerprint density at radius 2 is 1.50 bits per heavy atom. The molecular weight excluding hydrogens is 593 g/mol. The van der Waals surface area contributed by atoms with Gasteiger partial charge < -0.3 is 40.3 Å². The molecule has 2 fully saturated rings. The number of amides is 1. The summed E-state index contributed by atoms with van der Waals surface area (Å²) in [5.74, 6) is -1.14. The van der Waals surface area contributed by atoms with Crippen LogP contribution in [0.2, 0.25) is 0 Å². The van der Waals surface area contributed by atoms with Crippen LogP contribution in [0.4, 0.5) is 10.1 Å². The Morgan fingerprint density at radius 3 is 2.17 bits per heavy atom. The van der Waals surface area contributed by atoms with Gasteiger partial charge in [0.05, 0.1) is 24.7 Å². The number of halogens is 1. The van der Waals surface area contributed by atoms with Gasteiger partial charge in [0.1, 0.15) is 42.1 Å². The number of rotatable bonds is 9. The zero-order valence-corrected chi connectivity index (χ0v) is 24.8. The number of benzene rings is 4. The molecule has 0 radical (unpaired) electrons. The number of phenolic OH excluding ortho intramolecular Hbond substituents is 1. The third-order valence-corrected chi connectivity index (χ3v) is 9.07. The molecule has 0 saturated carbocycles. The average molecular weight is 630 g/mol. The number of para-hydroxylation sites is 1. The van der Waals surface area contributed by atoms with E-state index < -0.39 is 61.0 Å². The standard InChI is InChI=1S/C36H36FNO8/c37-27-9-5-4-8-25(27)28(40)17-16-26-31(38(36(26)45)23-6-2-1-3-7-23)22-14-15-24(29(41)18-22)20-10-12-21(13-11-20)35-34(44)33(43)32(42)30(19-39)46-35/h1-15,18,26,28,30-35,39-44H,16-17,19H2/t26-,28+,30-,31-,32-,33+,34-,35+/m1/s1. The van der Waals surface area contributed by atoms with Gasteiger partial charge in [-0.25, -0.2) is 4.39 Å². The van der Waals surface area contributed by atoms with E-state index in [9.17, 15) is 39.8 Å². The Morgan fingerprint density at radius 1 is 0.826 bits per heavy atom. The maximum Gasteiger partial charge on any atom is 0.233 e. The van der Waals surface area contributed by atoms with Crippen LogP contribution in [-0.4, -0.2) is 67.6 Å². The van der Waals surface area contributed by atoms with Crippen molar-refractivity contribution < 1.29 is 44.6 Å². The molecule has 9 nitrogen and oxygen atoms in total. The van der Waals surface area contributed by atoms with Crippen molar-refractivity contribution in [3.05, 3.63) is 120 Å². The SMILES string of the molecule is O=C1[C@H](CC[C@H](O)c2ccccc2F)[C@@H](c2ccc(-c3ccc([C@@H]4O[C@H](CO)[C@@H](O)[C@H](O)[C@H]4O)cc3)c(O)c2)N1c1ccccc1. The fourth-order valence-electron chi connectivity index (χ4n) is 6.53. The van der Waals surface area contributed by atoms with E-state index in [0.29, 0.717) is 34.4 Å². The molecule has 0 bridgehead atoms. The third kappa shape index (κ3) is 5.91. The molecule has 1 amide bonds. The third-order valence-electron chi connectivity index (χ3n) is 9.07. The van der Waals surface area contributed by atoms with Crippen LogP contribution in [0.15, 0.2) is 97.1 Å². The van der Waals surface area contributed by atoms with Gasteiger partial charge in [0.2, 0.25) is 5.91 Å². The molecule has 0 spiro atoms. The van der Waals surface area contributed by atoms with Crippen molar-refractivity contribution in [3.8, 4) is 16.9 Å². The lowest BCUT2D eigenvalue weighted by atomic mass is 9.78. The lowest BCUT2D eigenvalue weighted by Gasteiger charge is -2.48. The molecule has 8 atom stereocenters. The first-order valence-corrected chi connectivity index (χ1v) is 15.2. The number of anilines is 1. The molecule has 6 N–H and O–H groups in total. The number of nitrogens with zero attached hydrogens (tertiary/aromatic N) is 1. The quantitative estimate of drug-likeness (QED) is 0.153. The number of hydrogen-bond acceptors (Lipinski definition) is 8. The topological polar surface area (TPSA) is 151 Å². The molecule has 240 valence electrons. The molecular formula is C36H36FNO8. The van der Waals surface area contributed by atoms with E-state index in [1.54, 1.807) is 53.4 Å². The highest BCUT2D eigenvalue weighted by Gasteiger charge is 2.49. The maximum absolute atomic E-state index is 14.3. The Hall–Kier alpha value is -4.16. The molecule has 2 aliphatic rings. The predicted octanol–water partition coefficient (Wildman–Crippen LogP) is 3.93. The van der Waals surface area contributed by atoms with Gasteiger partial charge in [-0.05, 0) is 53.8 Å². The van der Waals surface area contributed by atoms with Crippen LogP contribution >= 0.6 is 0 Å². The van der Waals surface area contributed by atoms with Crippen molar-refractivity contribution in [2.75, 3.05) is 11.5 Å². The highest BCUT2D eigenvalue weighted by Crippen LogP contribution is 2.48. The van der Waals surface area contributed by atoms with E-state index in [4.69, 9.17) is 4.74 Å². The Bertz CT molecular complexity index is 1670. The zero-order valence-electron chi connectivity index (χ0n) is 24.8. The molecule has 46 heavy (non-hydrogen) atoms. The van der Waals surface area contributed by atoms with Crippen LogP contribution in [0, 0.1) is 11.7 Å². The monoisotopic (exact) mass is 629 g/mol. The van der Waals surface area contributed by atoms with Crippen molar-refractivity contribution in [2.45, 2.75) is 55.5 Å². The number of hydrogen-bond donors (Lipinski definition) is 6. The van der Waals surface area contributed by atoms with Crippen LogP contribution in [0.25, 0.3) is 11.1 Å². The molecule has 2 saturated heterocycles. The summed E-state index contributed by atoms with van der Waals surface area (Å²) in [6, 6.07) is 26.8. The van der Waals surface area contributed by atoms with Crippen molar-refractivity contribution in [3.63, 3.8) is 0 Å². The lowest BCUT2D eigenvalue weighted by Crippen LogP contribution is -2.55. The van der Waals surface area contributed by atoms with Crippen LogP contribution in [0.1, 0.15) is 47.8 Å². The molecule has 0 aromatic heterocycles. The van der Waals surface area contributed by atoms with E-state index in [2.05, 4.69) is 0 Å². The number of aliphatic hydroxyl groups excluding tert-OH is 5. The number of carbonyl (C=O) groups excluding carboxylic acids is 1. The van der Waals surface area contributed by atoms with E-state index >= 15 is 0 Å². The van der Waals surface area contributed by atoms with Crippen molar-refractivity contribution in [1.82, 2.24) is 0 Å². The van der Waals surface area contributed by atoms with E-state index in [0.717, 1.165) is 0 Å². The fraction of sp³-hybridized carbons (Fsp3) is 0.306. The number of β-lactam (4-membered cyclic amide) rings is 1. The molecule has 10 heteroatoms. The molecule has 6 rings (SSSR count). The minimum atomic E-state index is -1.49. The normalized spacial score (nSPS) is 26.9. The Balaban J connectivity index is 1.23. The zero-order chi connectivity index (χ0) is 32.5. The summed E-state index contributed by atoms with van der Waals surface area (Å²) >= 11 is 0. The number of phenols is 1. The van der Waals surface area contributed by atoms with Gasteiger partial charge in [-0.15, -0.1) is 0 Å². The Labute approximate surface area is 265 Å². The molecule has 2 aliphatic heterocycles. The number of carbonyl (C=O) groups is 1.